The van der Waals surface area contributed by atoms with Crippen molar-refractivity contribution >= 4 is 11.8 Å². The third kappa shape index (κ3) is 4.71. The minimum atomic E-state index is -0.611. The molecule has 0 atom stereocenters. The highest BCUT2D eigenvalue weighted by atomic mass is 16.5. The molecule has 0 aliphatic rings. The van der Waals surface area contributed by atoms with E-state index in [1.165, 1.54) is 0 Å². The first-order valence-corrected chi connectivity index (χ1v) is 9.55. The minimum absolute atomic E-state index is 0.223. The Hall–Kier alpha value is -3.41. The average Bonchev–Trinajstić information content (AvgIpc) is 3.01. The van der Waals surface area contributed by atoms with Gasteiger partial charge in [0.25, 0.3) is 0 Å². The molecule has 2 aromatic heterocycles. The molecule has 0 N–H and O–H groups in total. The van der Waals surface area contributed by atoms with Crippen molar-refractivity contribution in [2.24, 2.45) is 0 Å². The van der Waals surface area contributed by atoms with Crippen LogP contribution in [-0.4, -0.2) is 27.9 Å². The summed E-state index contributed by atoms with van der Waals surface area (Å²) in [7, 11) is 0. The number of ether oxygens (including phenoxy) is 2. The smallest absolute Gasteiger partial charge is 0.342 e. The van der Waals surface area contributed by atoms with E-state index in [0.29, 0.717) is 17.1 Å². The summed E-state index contributed by atoms with van der Waals surface area (Å²) in [5.41, 5.74) is 2.75. The number of rotatable bonds is 8. The largest absolute Gasteiger partial charge is 0.455 e. The molecule has 3 aromatic rings. The van der Waals surface area contributed by atoms with Gasteiger partial charge in [-0.25, -0.2) is 4.79 Å². The number of Topliss-reactive ketones (excluding diaryl/α,β-unsaturated/α-hetero) is 1. The molecule has 0 fully saturated rings. The Bertz CT molecular complexity index is 1010. The van der Waals surface area contributed by atoms with Crippen LogP contribution in [0, 0.1) is 13.8 Å². The second-order valence-corrected chi connectivity index (χ2v) is 6.72. The number of aryl methyl sites for hydroxylation is 1. The topological polar surface area (TPSA) is 70.4 Å². The zero-order valence-electron chi connectivity index (χ0n) is 16.8. The Morgan fingerprint density at radius 3 is 2.59 bits per heavy atom. The Morgan fingerprint density at radius 1 is 1.07 bits per heavy atom. The van der Waals surface area contributed by atoms with Crippen molar-refractivity contribution in [2.45, 2.75) is 33.7 Å². The molecule has 150 valence electrons. The van der Waals surface area contributed by atoms with E-state index in [-0.39, 0.29) is 18.0 Å². The quantitative estimate of drug-likeness (QED) is 0.409. The van der Waals surface area contributed by atoms with Crippen LogP contribution in [0.25, 0.3) is 0 Å². The molecule has 0 bridgehead atoms. The van der Waals surface area contributed by atoms with Gasteiger partial charge in [0.2, 0.25) is 5.78 Å². The molecular formula is C23H24N2O4. The lowest BCUT2D eigenvalue weighted by atomic mass is 10.1. The van der Waals surface area contributed by atoms with Crippen LogP contribution in [0.3, 0.4) is 0 Å². The van der Waals surface area contributed by atoms with Gasteiger partial charge >= 0.3 is 5.97 Å². The average molecular weight is 392 g/mol. The van der Waals surface area contributed by atoms with Gasteiger partial charge in [-0.2, -0.15) is 0 Å². The molecule has 0 aliphatic carbocycles. The fraction of sp³-hybridized carbons (Fsp3) is 0.261. The molecule has 6 heteroatoms. The van der Waals surface area contributed by atoms with Crippen molar-refractivity contribution in [2.75, 3.05) is 6.61 Å². The molecule has 0 radical (unpaired) electrons. The van der Waals surface area contributed by atoms with Gasteiger partial charge in [-0.05, 0) is 50.6 Å². The predicted molar refractivity (Wildman–Crippen MR) is 110 cm³/mol. The van der Waals surface area contributed by atoms with Crippen LogP contribution in [0.5, 0.6) is 11.5 Å². The highest BCUT2D eigenvalue weighted by Gasteiger charge is 2.19. The second-order valence-electron chi connectivity index (χ2n) is 6.72. The monoisotopic (exact) mass is 392 g/mol. The summed E-state index contributed by atoms with van der Waals surface area (Å²) in [5, 5.41) is 0. The van der Waals surface area contributed by atoms with Gasteiger partial charge in [0.1, 0.15) is 17.1 Å². The lowest BCUT2D eigenvalue weighted by Gasteiger charge is -2.11. The number of esters is 1. The summed E-state index contributed by atoms with van der Waals surface area (Å²) in [5.74, 6) is 0.0194. The molecular weight excluding hydrogens is 368 g/mol. The van der Waals surface area contributed by atoms with Crippen LogP contribution in [0.15, 0.2) is 54.9 Å². The lowest BCUT2D eigenvalue weighted by molar-refractivity contribution is 0.0472. The van der Waals surface area contributed by atoms with E-state index >= 15 is 0 Å². The number of carbonyl (C=O) groups excluding carboxylic acids is 2. The van der Waals surface area contributed by atoms with E-state index in [1.807, 2.05) is 19.9 Å². The molecule has 3 rings (SSSR count). The highest BCUT2D eigenvalue weighted by molar-refractivity contribution is 6.01. The number of benzene rings is 1. The highest BCUT2D eigenvalue weighted by Crippen LogP contribution is 2.25. The maximum absolute atomic E-state index is 12.6. The van der Waals surface area contributed by atoms with Crippen molar-refractivity contribution < 1.29 is 19.1 Å². The summed E-state index contributed by atoms with van der Waals surface area (Å²) in [6, 6.07) is 12.1. The third-order valence-corrected chi connectivity index (χ3v) is 4.62. The summed E-state index contributed by atoms with van der Waals surface area (Å²) >= 11 is 0. The van der Waals surface area contributed by atoms with Gasteiger partial charge in [-0.1, -0.05) is 19.1 Å². The van der Waals surface area contributed by atoms with Crippen LogP contribution in [0.4, 0.5) is 0 Å². The number of hydrogen-bond donors (Lipinski definition) is 0. The first-order valence-electron chi connectivity index (χ1n) is 9.55. The summed E-state index contributed by atoms with van der Waals surface area (Å²) in [4.78, 5) is 29.2. The zero-order valence-corrected chi connectivity index (χ0v) is 16.8. The van der Waals surface area contributed by atoms with Crippen LogP contribution in [0.2, 0.25) is 0 Å². The van der Waals surface area contributed by atoms with E-state index in [1.54, 1.807) is 48.8 Å². The van der Waals surface area contributed by atoms with Gasteiger partial charge in [0.15, 0.2) is 6.61 Å². The van der Waals surface area contributed by atoms with E-state index in [4.69, 9.17) is 9.47 Å². The van der Waals surface area contributed by atoms with Crippen LogP contribution >= 0.6 is 0 Å². The van der Waals surface area contributed by atoms with E-state index < -0.39 is 5.97 Å². The number of pyridine rings is 1. The molecule has 0 aliphatic heterocycles. The number of carbonyl (C=O) groups is 2. The summed E-state index contributed by atoms with van der Waals surface area (Å²) < 4.78 is 13.1. The Kier molecular flexibility index (Phi) is 6.44. The molecule has 0 saturated heterocycles. The van der Waals surface area contributed by atoms with Crippen molar-refractivity contribution in [3.8, 4) is 11.5 Å². The molecule has 1 aromatic carbocycles. The standard InChI is InChI=1S/C23H24N2O4/c1-4-12-25-16(2)13-20(17(25)3)21(26)15-28-23(27)19-9-5-6-10-22(19)29-18-8-7-11-24-14-18/h5-11,13-14H,4,12,15H2,1-3H3. The van der Waals surface area contributed by atoms with E-state index in [2.05, 4.69) is 16.5 Å². The second kappa shape index (κ2) is 9.19. The molecule has 0 spiro atoms. The maximum Gasteiger partial charge on any atom is 0.342 e. The SMILES string of the molecule is CCCn1c(C)cc(C(=O)COC(=O)c2ccccc2Oc2cccnc2)c1C. The Balaban J connectivity index is 1.70. The number of para-hydroxylation sites is 1. The van der Waals surface area contributed by atoms with Crippen molar-refractivity contribution in [3.63, 3.8) is 0 Å². The number of aromatic nitrogens is 2. The number of nitrogens with zero attached hydrogens (tertiary/aromatic N) is 2. The fourth-order valence-electron chi connectivity index (χ4n) is 3.20. The third-order valence-electron chi connectivity index (χ3n) is 4.62. The minimum Gasteiger partial charge on any atom is -0.455 e. The lowest BCUT2D eigenvalue weighted by Crippen LogP contribution is -2.15. The van der Waals surface area contributed by atoms with Crippen molar-refractivity contribution in [1.82, 2.24) is 9.55 Å². The molecule has 6 nitrogen and oxygen atoms in total. The predicted octanol–water partition coefficient (Wildman–Crippen LogP) is 4.74. The van der Waals surface area contributed by atoms with Crippen molar-refractivity contribution in [3.05, 3.63) is 77.4 Å². The fourth-order valence-corrected chi connectivity index (χ4v) is 3.20. The molecule has 2 heterocycles. The van der Waals surface area contributed by atoms with Gasteiger partial charge in [0.05, 0.1) is 6.20 Å². The summed E-state index contributed by atoms with van der Waals surface area (Å²) in [6.07, 6.45) is 4.17. The Morgan fingerprint density at radius 2 is 1.86 bits per heavy atom. The molecule has 0 amide bonds. The summed E-state index contributed by atoms with van der Waals surface area (Å²) in [6.45, 7) is 6.50. The Labute approximate surface area is 170 Å². The van der Waals surface area contributed by atoms with Gasteiger partial charge in [-0.15, -0.1) is 0 Å². The zero-order chi connectivity index (χ0) is 20.8. The first-order chi connectivity index (χ1) is 14.0. The number of hydrogen-bond acceptors (Lipinski definition) is 5. The van der Waals surface area contributed by atoms with E-state index in [9.17, 15) is 9.59 Å². The molecule has 0 unspecified atom stereocenters. The van der Waals surface area contributed by atoms with Crippen LogP contribution in [0.1, 0.15) is 45.4 Å². The van der Waals surface area contributed by atoms with Crippen LogP contribution in [-0.2, 0) is 11.3 Å². The van der Waals surface area contributed by atoms with Crippen molar-refractivity contribution in [1.29, 1.82) is 0 Å². The number of ketones is 1. The molecule has 29 heavy (non-hydrogen) atoms. The normalized spacial score (nSPS) is 10.6. The first kappa shape index (κ1) is 20.3. The van der Waals surface area contributed by atoms with Gasteiger partial charge in [-0.3, -0.25) is 9.78 Å². The van der Waals surface area contributed by atoms with Gasteiger partial charge in [0, 0.05) is 29.7 Å². The maximum atomic E-state index is 12.6. The molecule has 0 saturated carbocycles. The van der Waals surface area contributed by atoms with E-state index in [0.717, 1.165) is 24.4 Å². The van der Waals surface area contributed by atoms with Crippen LogP contribution < -0.4 is 4.74 Å². The van der Waals surface area contributed by atoms with Gasteiger partial charge < -0.3 is 14.0 Å².